The second-order valence-corrected chi connectivity index (χ2v) is 7.50. The number of fused-ring (bicyclic) bond motifs is 2. The van der Waals surface area contributed by atoms with E-state index < -0.39 is 18.4 Å². The largest absolute Gasteiger partial charge is 0.417 e. The molecular formula is C20H22F2N4O3. The summed E-state index contributed by atoms with van der Waals surface area (Å²) in [6, 6.07) is 11.4. The molecule has 0 radical (unpaired) electrons. The average molecular weight is 404 g/mol. The maximum atomic E-state index is 12.8. The summed E-state index contributed by atoms with van der Waals surface area (Å²) in [6.45, 7) is -3.00. The van der Waals surface area contributed by atoms with Gasteiger partial charge in [-0.25, -0.2) is 4.68 Å². The monoisotopic (exact) mass is 404 g/mol. The zero-order valence-electron chi connectivity index (χ0n) is 15.9. The van der Waals surface area contributed by atoms with Crippen molar-refractivity contribution < 1.29 is 23.1 Å². The predicted octanol–water partition coefficient (Wildman–Crippen LogP) is 2.90. The topological polar surface area (TPSA) is 76.5 Å². The molecule has 2 fully saturated rings. The Labute approximate surface area is 166 Å². The lowest BCUT2D eigenvalue weighted by molar-refractivity contribution is -0.146. The molecule has 0 spiro atoms. The van der Waals surface area contributed by atoms with Crippen LogP contribution >= 0.6 is 0 Å². The highest BCUT2D eigenvalue weighted by Crippen LogP contribution is 2.43. The van der Waals surface area contributed by atoms with Gasteiger partial charge in [0, 0.05) is 25.2 Å². The quantitative estimate of drug-likeness (QED) is 0.795. The summed E-state index contributed by atoms with van der Waals surface area (Å²) in [5, 5.41) is 6.29. The second-order valence-electron chi connectivity index (χ2n) is 7.50. The third kappa shape index (κ3) is 3.94. The fraction of sp³-hybridized carbons (Fsp3) is 0.450. The lowest BCUT2D eigenvalue weighted by Crippen LogP contribution is -2.50. The second kappa shape index (κ2) is 7.81. The molecule has 1 unspecified atom stereocenters. The van der Waals surface area contributed by atoms with Crippen LogP contribution in [0.1, 0.15) is 37.2 Å². The number of aromatic nitrogens is 2. The van der Waals surface area contributed by atoms with Gasteiger partial charge in [0.15, 0.2) is 5.82 Å². The highest BCUT2D eigenvalue weighted by Gasteiger charge is 2.45. The van der Waals surface area contributed by atoms with Gasteiger partial charge in [0.05, 0.1) is 0 Å². The third-order valence-electron chi connectivity index (χ3n) is 5.72. The molecule has 1 N–H and O–H groups in total. The first kappa shape index (κ1) is 19.4. The average Bonchev–Trinajstić information content (AvgIpc) is 3.16. The number of alkyl halides is 2. The van der Waals surface area contributed by atoms with Crippen LogP contribution in [-0.2, 0) is 16.6 Å². The number of nitrogens with zero attached hydrogens (tertiary/aromatic N) is 3. The Morgan fingerprint density at radius 3 is 2.45 bits per heavy atom. The van der Waals surface area contributed by atoms with Crippen LogP contribution in [0.15, 0.2) is 36.4 Å². The normalized spacial score (nSPS) is 23.3. The molecule has 2 aliphatic rings. The lowest BCUT2D eigenvalue weighted by Gasteiger charge is -2.38. The number of ether oxygens (including phenoxy) is 1. The van der Waals surface area contributed by atoms with E-state index in [1.807, 2.05) is 18.2 Å². The first-order chi connectivity index (χ1) is 13.9. The predicted molar refractivity (Wildman–Crippen MR) is 101 cm³/mol. The molecule has 1 aromatic heterocycles. The molecule has 4 rings (SSSR count). The first-order valence-corrected chi connectivity index (χ1v) is 9.60. The smallest absolute Gasteiger partial charge is 0.388 e. The number of amides is 2. The van der Waals surface area contributed by atoms with E-state index in [4.69, 9.17) is 0 Å². The van der Waals surface area contributed by atoms with Crippen LogP contribution in [-0.4, -0.2) is 45.2 Å². The molecule has 0 saturated carbocycles. The summed E-state index contributed by atoms with van der Waals surface area (Å²) in [7, 11) is 1.41. The zero-order chi connectivity index (χ0) is 20.5. The molecule has 1 aromatic carbocycles. The van der Waals surface area contributed by atoms with Gasteiger partial charge >= 0.3 is 18.4 Å². The van der Waals surface area contributed by atoms with E-state index in [0.29, 0.717) is 5.92 Å². The number of anilines is 1. The molecule has 7 nitrogen and oxygen atoms in total. The molecule has 3 atom stereocenters. The SMILES string of the molecule is Cn1nc(NC(=O)C(=O)N2[C@@H]3CC[C@H]2CC(c2ccccc2)C3)cc1OC(F)F. The van der Waals surface area contributed by atoms with E-state index in [-0.39, 0.29) is 23.8 Å². The highest BCUT2D eigenvalue weighted by molar-refractivity contribution is 6.39. The molecule has 2 aliphatic heterocycles. The van der Waals surface area contributed by atoms with Gasteiger partial charge in [0.1, 0.15) is 0 Å². The summed E-state index contributed by atoms with van der Waals surface area (Å²) in [4.78, 5) is 27.0. The van der Waals surface area contributed by atoms with Crippen molar-refractivity contribution in [2.45, 2.75) is 50.3 Å². The van der Waals surface area contributed by atoms with Crippen LogP contribution in [0, 0.1) is 0 Å². The molecule has 0 aliphatic carbocycles. The number of rotatable bonds is 4. The van der Waals surface area contributed by atoms with Gasteiger partial charge < -0.3 is 15.0 Å². The van der Waals surface area contributed by atoms with E-state index in [2.05, 4.69) is 27.3 Å². The number of benzene rings is 1. The minimum absolute atomic E-state index is 0.00646. The molecule has 29 heavy (non-hydrogen) atoms. The maximum absolute atomic E-state index is 12.8. The van der Waals surface area contributed by atoms with E-state index in [9.17, 15) is 18.4 Å². The number of piperidine rings is 1. The standard InChI is InChI=1S/C20H22F2N4O3/c1-25-17(29-20(21)22)11-16(24-25)23-18(27)19(28)26-14-7-8-15(26)10-13(9-14)12-5-3-2-4-6-12/h2-6,11,13-15,20H,7-10H2,1H3,(H,23,24,27)/t13?,14-,15+. The summed E-state index contributed by atoms with van der Waals surface area (Å²) < 4.78 is 30.1. The molecule has 3 heterocycles. The number of aryl methyl sites for hydroxylation is 1. The van der Waals surface area contributed by atoms with Gasteiger partial charge in [-0.1, -0.05) is 30.3 Å². The van der Waals surface area contributed by atoms with E-state index >= 15 is 0 Å². The Morgan fingerprint density at radius 1 is 1.17 bits per heavy atom. The van der Waals surface area contributed by atoms with Crippen molar-refractivity contribution in [1.82, 2.24) is 14.7 Å². The Bertz CT molecular complexity index is 888. The molecule has 154 valence electrons. The number of nitrogens with one attached hydrogen (secondary N) is 1. The molecular weight excluding hydrogens is 382 g/mol. The Hall–Kier alpha value is -2.97. The molecule has 2 aromatic rings. The van der Waals surface area contributed by atoms with Crippen LogP contribution in [0.25, 0.3) is 0 Å². The molecule has 2 saturated heterocycles. The van der Waals surface area contributed by atoms with E-state index in [1.54, 1.807) is 4.90 Å². The van der Waals surface area contributed by atoms with Gasteiger partial charge in [-0.2, -0.15) is 13.9 Å². The molecule has 2 amide bonds. The van der Waals surface area contributed by atoms with Gasteiger partial charge in [-0.15, -0.1) is 0 Å². The summed E-state index contributed by atoms with van der Waals surface area (Å²) in [6.07, 6.45) is 3.41. The highest BCUT2D eigenvalue weighted by atomic mass is 19.3. The number of carbonyl (C=O) groups is 2. The van der Waals surface area contributed by atoms with Crippen LogP contribution in [0.5, 0.6) is 5.88 Å². The summed E-state index contributed by atoms with van der Waals surface area (Å²) >= 11 is 0. The van der Waals surface area contributed by atoms with Crippen LogP contribution in [0.3, 0.4) is 0 Å². The zero-order valence-corrected chi connectivity index (χ0v) is 15.9. The van der Waals surface area contributed by atoms with E-state index in [1.165, 1.54) is 12.6 Å². The van der Waals surface area contributed by atoms with Gasteiger partial charge in [0.25, 0.3) is 0 Å². The van der Waals surface area contributed by atoms with Crippen molar-refractivity contribution in [1.29, 1.82) is 0 Å². The van der Waals surface area contributed by atoms with Crippen molar-refractivity contribution in [3.8, 4) is 5.88 Å². The minimum Gasteiger partial charge on any atom is -0.417 e. The number of halogens is 2. The first-order valence-electron chi connectivity index (χ1n) is 9.60. The van der Waals surface area contributed by atoms with Crippen molar-refractivity contribution in [2.24, 2.45) is 7.05 Å². The maximum Gasteiger partial charge on any atom is 0.388 e. The van der Waals surface area contributed by atoms with Crippen molar-refractivity contribution in [2.75, 3.05) is 5.32 Å². The van der Waals surface area contributed by atoms with Crippen molar-refractivity contribution in [3.05, 3.63) is 42.0 Å². The van der Waals surface area contributed by atoms with Gasteiger partial charge in [0.2, 0.25) is 5.88 Å². The minimum atomic E-state index is -3.00. The summed E-state index contributed by atoms with van der Waals surface area (Å²) in [5.41, 5.74) is 1.26. The van der Waals surface area contributed by atoms with Crippen molar-refractivity contribution >= 4 is 17.6 Å². The van der Waals surface area contributed by atoms with Crippen LogP contribution < -0.4 is 10.1 Å². The molecule has 9 heteroatoms. The van der Waals surface area contributed by atoms with Crippen molar-refractivity contribution in [3.63, 3.8) is 0 Å². The number of hydrogen-bond acceptors (Lipinski definition) is 4. The van der Waals surface area contributed by atoms with Crippen LogP contribution in [0.2, 0.25) is 0 Å². The third-order valence-corrected chi connectivity index (χ3v) is 5.72. The Morgan fingerprint density at radius 2 is 1.83 bits per heavy atom. The number of hydrogen-bond donors (Lipinski definition) is 1. The van der Waals surface area contributed by atoms with Crippen LogP contribution in [0.4, 0.5) is 14.6 Å². The van der Waals surface area contributed by atoms with Gasteiger partial charge in [-0.3, -0.25) is 9.59 Å². The van der Waals surface area contributed by atoms with E-state index in [0.717, 1.165) is 36.4 Å². The Kier molecular flexibility index (Phi) is 5.21. The number of carbonyl (C=O) groups excluding carboxylic acids is 2. The summed E-state index contributed by atoms with van der Waals surface area (Å²) in [5.74, 6) is -1.25. The fourth-order valence-corrected chi connectivity index (χ4v) is 4.51. The fourth-order valence-electron chi connectivity index (χ4n) is 4.51. The van der Waals surface area contributed by atoms with Gasteiger partial charge in [-0.05, 0) is 37.2 Å². The molecule has 2 bridgehead atoms. The lowest BCUT2D eigenvalue weighted by atomic mass is 9.85. The Balaban J connectivity index is 1.42.